The van der Waals surface area contributed by atoms with Crippen LogP contribution >= 0.6 is 0 Å². The van der Waals surface area contributed by atoms with Crippen LogP contribution in [0.1, 0.15) is 57.1 Å². The Morgan fingerprint density at radius 1 is 0.929 bits per heavy atom. The summed E-state index contributed by atoms with van der Waals surface area (Å²) in [7, 11) is 2.21. The molecular weight excluding hydrogens is 526 g/mol. The fraction of sp³-hybridized carbons (Fsp3) is 0.438. The summed E-state index contributed by atoms with van der Waals surface area (Å²) in [6, 6.07) is 15.7. The van der Waals surface area contributed by atoms with E-state index in [9.17, 15) is 0 Å². The number of oxazole rings is 1. The van der Waals surface area contributed by atoms with Crippen LogP contribution in [0.25, 0.3) is 33.4 Å². The number of nitrogens with zero attached hydrogens (tertiary/aromatic N) is 7. The van der Waals surface area contributed by atoms with Gasteiger partial charge in [-0.2, -0.15) is 10.1 Å². The van der Waals surface area contributed by atoms with Gasteiger partial charge in [-0.05, 0) is 62.4 Å². The maximum Gasteiger partial charge on any atom is 0.300 e. The van der Waals surface area contributed by atoms with E-state index in [0.717, 1.165) is 70.6 Å². The van der Waals surface area contributed by atoms with Crippen molar-refractivity contribution >= 4 is 39.7 Å². The maximum atomic E-state index is 6.42. The molecule has 3 N–H and O–H groups in total. The van der Waals surface area contributed by atoms with Gasteiger partial charge in [0.05, 0.1) is 11.4 Å². The van der Waals surface area contributed by atoms with E-state index in [1.807, 2.05) is 36.4 Å². The third-order valence-electron chi connectivity index (χ3n) is 9.06. The molecule has 0 radical (unpaired) electrons. The second-order valence-electron chi connectivity index (χ2n) is 12.1. The number of nitrogens with two attached hydrogens (primary N) is 1. The summed E-state index contributed by atoms with van der Waals surface area (Å²) in [5, 5.41) is 9.26. The van der Waals surface area contributed by atoms with Gasteiger partial charge in [-0.3, -0.25) is 4.90 Å². The van der Waals surface area contributed by atoms with Gasteiger partial charge in [0, 0.05) is 43.5 Å². The first kappa shape index (κ1) is 26.9. The predicted octanol–water partition coefficient (Wildman–Crippen LogP) is 5.81. The lowest BCUT2D eigenvalue weighted by atomic mass is 9.90. The third kappa shape index (κ3) is 4.98. The van der Waals surface area contributed by atoms with Gasteiger partial charge in [-0.1, -0.05) is 38.1 Å². The summed E-state index contributed by atoms with van der Waals surface area (Å²) in [4.78, 5) is 18.7. The standard InChI is InChI=1S/C32H39N9O/c1-20(2)25-5-4-6-26-29(25)42-32(37-26)36-22-9-7-21(8-10-22)28-27-30(33)34-19-35-31(27)41(38-28)24-13-11-23(12-14-24)40-17-15-39(3)16-18-40/h4-10,19-20,23-24H,11-18H2,1-3H3,(H,36,37)(H2,33,34,35). The molecule has 218 valence electrons. The van der Waals surface area contributed by atoms with Gasteiger partial charge in [-0.25, -0.2) is 14.6 Å². The van der Waals surface area contributed by atoms with Crippen molar-refractivity contribution in [2.24, 2.45) is 0 Å². The summed E-state index contributed by atoms with van der Waals surface area (Å²) in [6.07, 6.45) is 6.08. The van der Waals surface area contributed by atoms with Crippen LogP contribution in [0.2, 0.25) is 0 Å². The zero-order chi connectivity index (χ0) is 28.8. The fourth-order valence-electron chi connectivity index (χ4n) is 6.62. The first-order valence-corrected chi connectivity index (χ1v) is 15.1. The van der Waals surface area contributed by atoms with E-state index in [1.54, 1.807) is 6.33 Å². The van der Waals surface area contributed by atoms with Gasteiger partial charge in [-0.15, -0.1) is 0 Å². The van der Waals surface area contributed by atoms with Crippen molar-refractivity contribution < 1.29 is 4.42 Å². The van der Waals surface area contributed by atoms with E-state index >= 15 is 0 Å². The fourth-order valence-corrected chi connectivity index (χ4v) is 6.62. The summed E-state index contributed by atoms with van der Waals surface area (Å²) in [5.41, 5.74) is 12.7. The largest absolute Gasteiger partial charge is 0.423 e. The minimum atomic E-state index is 0.301. The van der Waals surface area contributed by atoms with Crippen LogP contribution in [0.15, 0.2) is 53.2 Å². The van der Waals surface area contributed by atoms with Crippen LogP contribution < -0.4 is 11.1 Å². The number of rotatable bonds is 6. The molecule has 7 rings (SSSR count). The van der Waals surface area contributed by atoms with Gasteiger partial charge in [0.15, 0.2) is 11.2 Å². The zero-order valence-corrected chi connectivity index (χ0v) is 24.6. The third-order valence-corrected chi connectivity index (χ3v) is 9.06. The highest BCUT2D eigenvalue weighted by atomic mass is 16.4. The van der Waals surface area contributed by atoms with Crippen LogP contribution in [0.3, 0.4) is 0 Å². The van der Waals surface area contributed by atoms with Crippen LogP contribution in [-0.4, -0.2) is 73.8 Å². The molecule has 10 heteroatoms. The molecular formula is C32H39N9O. The van der Waals surface area contributed by atoms with Gasteiger partial charge in [0.1, 0.15) is 23.4 Å². The van der Waals surface area contributed by atoms with Crippen molar-refractivity contribution in [3.05, 3.63) is 54.4 Å². The normalized spacial score (nSPS) is 20.6. The molecule has 0 amide bonds. The molecule has 1 saturated carbocycles. The lowest BCUT2D eigenvalue weighted by Gasteiger charge is -2.41. The number of benzene rings is 2. The summed E-state index contributed by atoms with van der Waals surface area (Å²) >= 11 is 0. The van der Waals surface area contributed by atoms with Gasteiger partial charge in [0.25, 0.3) is 6.01 Å². The van der Waals surface area contributed by atoms with Crippen LogP contribution in [0.5, 0.6) is 0 Å². The van der Waals surface area contributed by atoms with Crippen LogP contribution in [-0.2, 0) is 0 Å². The van der Waals surface area contributed by atoms with E-state index in [4.69, 9.17) is 15.2 Å². The number of nitrogen functional groups attached to an aromatic ring is 1. The molecule has 0 bridgehead atoms. The monoisotopic (exact) mass is 565 g/mol. The predicted molar refractivity (Wildman–Crippen MR) is 167 cm³/mol. The highest BCUT2D eigenvalue weighted by Crippen LogP contribution is 2.37. The Labute approximate surface area is 245 Å². The Kier molecular flexibility index (Phi) is 7.03. The van der Waals surface area contributed by atoms with Crippen molar-refractivity contribution in [3.8, 4) is 11.3 Å². The average molecular weight is 566 g/mol. The quantitative estimate of drug-likeness (QED) is 0.263. The number of aromatic nitrogens is 5. The van der Waals surface area contributed by atoms with Crippen molar-refractivity contribution in [3.63, 3.8) is 0 Å². The SMILES string of the molecule is CC(C)c1cccc2nc(Nc3ccc(-c4nn(C5CCC(N6CCN(C)CC6)CC5)c5ncnc(N)c45)cc3)oc12. The molecule has 2 aliphatic rings. The molecule has 42 heavy (non-hydrogen) atoms. The molecule has 0 unspecified atom stereocenters. The first-order valence-electron chi connectivity index (χ1n) is 15.1. The topological polar surface area (TPSA) is 114 Å². The second kappa shape index (κ2) is 11.0. The molecule has 3 aromatic heterocycles. The highest BCUT2D eigenvalue weighted by Gasteiger charge is 2.30. The highest BCUT2D eigenvalue weighted by molar-refractivity contribution is 5.98. The van der Waals surface area contributed by atoms with Crippen molar-refractivity contribution in [1.82, 2.24) is 34.5 Å². The van der Waals surface area contributed by atoms with Crippen LogP contribution in [0.4, 0.5) is 17.5 Å². The lowest BCUT2D eigenvalue weighted by molar-refractivity contribution is 0.0815. The Hall–Kier alpha value is -4.02. The number of piperazine rings is 1. The first-order chi connectivity index (χ1) is 20.4. The molecule has 0 atom stereocenters. The van der Waals surface area contributed by atoms with E-state index in [-0.39, 0.29) is 0 Å². The van der Waals surface area contributed by atoms with Gasteiger partial charge < -0.3 is 20.4 Å². The smallest absolute Gasteiger partial charge is 0.300 e. The van der Waals surface area contributed by atoms with E-state index in [0.29, 0.717) is 29.8 Å². The second-order valence-corrected chi connectivity index (χ2v) is 12.1. The van der Waals surface area contributed by atoms with Crippen molar-refractivity contribution in [1.29, 1.82) is 0 Å². The summed E-state index contributed by atoms with van der Waals surface area (Å²) in [6.45, 7) is 8.97. The molecule has 1 saturated heterocycles. The Balaban J connectivity index is 1.12. The number of likely N-dealkylation sites (N-methyl/N-ethyl adjacent to an activating group) is 1. The number of anilines is 3. The Morgan fingerprint density at radius 2 is 1.67 bits per heavy atom. The maximum absolute atomic E-state index is 6.42. The molecule has 2 aromatic carbocycles. The molecule has 5 aromatic rings. The van der Waals surface area contributed by atoms with Gasteiger partial charge in [0.2, 0.25) is 0 Å². The average Bonchev–Trinajstić information content (AvgIpc) is 3.60. The molecule has 10 nitrogen and oxygen atoms in total. The summed E-state index contributed by atoms with van der Waals surface area (Å²) in [5.74, 6) is 0.814. The number of para-hydroxylation sites is 1. The molecule has 1 aliphatic carbocycles. The number of hydrogen-bond donors (Lipinski definition) is 2. The molecule has 2 fully saturated rings. The van der Waals surface area contributed by atoms with Gasteiger partial charge >= 0.3 is 0 Å². The zero-order valence-electron chi connectivity index (χ0n) is 24.6. The van der Waals surface area contributed by atoms with E-state index in [1.165, 1.54) is 25.9 Å². The molecule has 0 spiro atoms. The van der Waals surface area contributed by atoms with Crippen LogP contribution in [0, 0.1) is 0 Å². The Bertz CT molecular complexity index is 1690. The number of fused-ring (bicyclic) bond motifs is 2. The molecule has 4 heterocycles. The number of hydrogen-bond acceptors (Lipinski definition) is 9. The van der Waals surface area contributed by atoms with Crippen molar-refractivity contribution in [2.75, 3.05) is 44.3 Å². The van der Waals surface area contributed by atoms with E-state index in [2.05, 4.69) is 61.7 Å². The Morgan fingerprint density at radius 3 is 2.40 bits per heavy atom. The van der Waals surface area contributed by atoms with Crippen molar-refractivity contribution in [2.45, 2.75) is 57.5 Å². The lowest BCUT2D eigenvalue weighted by Crippen LogP contribution is -2.49. The molecule has 1 aliphatic heterocycles. The van der Waals surface area contributed by atoms with E-state index < -0.39 is 0 Å². The summed E-state index contributed by atoms with van der Waals surface area (Å²) < 4.78 is 8.21. The minimum Gasteiger partial charge on any atom is -0.423 e. The minimum absolute atomic E-state index is 0.301. The number of nitrogens with one attached hydrogen (secondary N) is 1.